The van der Waals surface area contributed by atoms with Gasteiger partial charge in [-0.1, -0.05) is 37.3 Å². The van der Waals surface area contributed by atoms with Crippen LogP contribution in [0.15, 0.2) is 36.0 Å². The Labute approximate surface area is 75.1 Å². The molecule has 12 heavy (non-hydrogen) atoms. The summed E-state index contributed by atoms with van der Waals surface area (Å²) in [5.74, 6) is 0. The van der Waals surface area contributed by atoms with E-state index in [9.17, 15) is 0 Å². The van der Waals surface area contributed by atoms with E-state index in [-0.39, 0.29) is 0 Å². The zero-order valence-electron chi connectivity index (χ0n) is 7.96. The first kappa shape index (κ1) is 9.27. The maximum atomic E-state index is 2.31. The molecule has 0 aliphatic heterocycles. The van der Waals surface area contributed by atoms with Crippen molar-refractivity contribution in [1.82, 2.24) is 4.90 Å². The highest BCUT2D eigenvalue weighted by Crippen LogP contribution is 2.05. The van der Waals surface area contributed by atoms with Crippen molar-refractivity contribution in [3.63, 3.8) is 0 Å². The molecule has 66 valence electrons. The lowest BCUT2D eigenvalue weighted by molar-refractivity contribution is 0.386. The highest BCUT2D eigenvalue weighted by atomic mass is 15.1. The van der Waals surface area contributed by atoms with Crippen molar-refractivity contribution in [2.24, 2.45) is 0 Å². The van der Waals surface area contributed by atoms with Crippen LogP contribution in [0.25, 0.3) is 0 Å². The molecule has 0 radical (unpaired) electrons. The number of rotatable bonds is 3. The van der Waals surface area contributed by atoms with Crippen molar-refractivity contribution < 1.29 is 0 Å². The third-order valence-corrected chi connectivity index (χ3v) is 2.07. The molecular weight excluding hydrogens is 146 g/mol. The van der Waals surface area contributed by atoms with E-state index in [2.05, 4.69) is 49.3 Å². The lowest BCUT2D eigenvalue weighted by Crippen LogP contribution is -2.19. The summed E-state index contributed by atoms with van der Waals surface area (Å²) in [5.41, 5.74) is 1.42. The van der Waals surface area contributed by atoms with Crippen LogP contribution in [0.2, 0.25) is 0 Å². The summed E-state index contributed by atoms with van der Waals surface area (Å²) in [6.07, 6.45) is 11.9. The Hall–Kier alpha value is -0.820. The largest absolute Gasteiger partial charge is 0.302 e. The minimum Gasteiger partial charge on any atom is -0.302 e. The highest BCUT2D eigenvalue weighted by molar-refractivity contribution is 5.27. The van der Waals surface area contributed by atoms with Crippen LogP contribution in [0.5, 0.6) is 0 Å². The molecule has 0 spiro atoms. The van der Waals surface area contributed by atoms with Gasteiger partial charge in [0.05, 0.1) is 0 Å². The van der Waals surface area contributed by atoms with E-state index in [1.807, 2.05) is 0 Å². The monoisotopic (exact) mass is 163 g/mol. The van der Waals surface area contributed by atoms with Crippen molar-refractivity contribution in [1.29, 1.82) is 0 Å². The Morgan fingerprint density at radius 1 is 1.42 bits per heavy atom. The van der Waals surface area contributed by atoms with Gasteiger partial charge >= 0.3 is 0 Å². The third-order valence-electron chi connectivity index (χ3n) is 2.07. The number of allylic oxidation sites excluding steroid dienone is 4. The molecule has 1 rings (SSSR count). The van der Waals surface area contributed by atoms with Crippen molar-refractivity contribution >= 4 is 0 Å². The van der Waals surface area contributed by atoms with Gasteiger partial charge in [-0.25, -0.2) is 0 Å². The molecule has 1 aliphatic rings. The maximum absolute atomic E-state index is 2.31. The van der Waals surface area contributed by atoms with Crippen molar-refractivity contribution in [3.8, 4) is 0 Å². The summed E-state index contributed by atoms with van der Waals surface area (Å²) in [4.78, 5) is 2.31. The van der Waals surface area contributed by atoms with Crippen molar-refractivity contribution in [3.05, 3.63) is 36.0 Å². The summed E-state index contributed by atoms with van der Waals surface area (Å²) < 4.78 is 0. The fourth-order valence-corrected chi connectivity index (χ4v) is 1.16. The normalized spacial score (nSPS) is 16.4. The summed E-state index contributed by atoms with van der Waals surface area (Å²) in [6.45, 7) is 4.35. The molecule has 0 unspecified atom stereocenters. The molecule has 0 heterocycles. The molecule has 0 aromatic rings. The quantitative estimate of drug-likeness (QED) is 0.617. The fraction of sp³-hybridized carbons (Fsp3) is 0.455. The van der Waals surface area contributed by atoms with Gasteiger partial charge < -0.3 is 4.90 Å². The first-order valence-corrected chi connectivity index (χ1v) is 4.53. The predicted molar refractivity (Wildman–Crippen MR) is 54.2 cm³/mol. The average Bonchev–Trinajstić information content (AvgIpc) is 2.33. The zero-order chi connectivity index (χ0) is 8.81. The van der Waals surface area contributed by atoms with Gasteiger partial charge in [-0.2, -0.15) is 0 Å². The summed E-state index contributed by atoms with van der Waals surface area (Å²) in [6, 6.07) is 0. The van der Waals surface area contributed by atoms with Gasteiger partial charge in [-0.3, -0.25) is 0 Å². The molecule has 0 fully saturated rings. The second kappa shape index (κ2) is 4.94. The van der Waals surface area contributed by atoms with Gasteiger partial charge in [0.1, 0.15) is 0 Å². The Morgan fingerprint density at radius 3 is 3.00 bits per heavy atom. The third kappa shape index (κ3) is 3.05. The van der Waals surface area contributed by atoms with Gasteiger partial charge in [0, 0.05) is 6.54 Å². The molecule has 0 aromatic heterocycles. The molecule has 0 amide bonds. The summed E-state index contributed by atoms with van der Waals surface area (Å²) in [7, 11) is 2.15. The highest BCUT2D eigenvalue weighted by Gasteiger charge is 1.97. The Kier molecular flexibility index (Phi) is 3.81. The van der Waals surface area contributed by atoms with E-state index < -0.39 is 0 Å². The van der Waals surface area contributed by atoms with Gasteiger partial charge in [0.2, 0.25) is 0 Å². The molecule has 1 heteroatoms. The van der Waals surface area contributed by atoms with Crippen LogP contribution in [0.4, 0.5) is 0 Å². The van der Waals surface area contributed by atoms with Crippen molar-refractivity contribution in [2.75, 3.05) is 20.1 Å². The van der Waals surface area contributed by atoms with Crippen LogP contribution < -0.4 is 0 Å². The van der Waals surface area contributed by atoms with Crippen LogP contribution in [0.1, 0.15) is 13.3 Å². The molecule has 0 N–H and O–H groups in total. The Morgan fingerprint density at radius 2 is 2.25 bits per heavy atom. The topological polar surface area (TPSA) is 3.24 Å². The molecule has 0 saturated heterocycles. The van der Waals surface area contributed by atoms with E-state index >= 15 is 0 Å². The fourth-order valence-electron chi connectivity index (χ4n) is 1.16. The Balaban J connectivity index is 2.46. The number of likely N-dealkylation sites (N-methyl/N-ethyl adjacent to an activating group) is 1. The maximum Gasteiger partial charge on any atom is 0.0227 e. The van der Waals surface area contributed by atoms with E-state index in [1.165, 1.54) is 5.57 Å². The van der Waals surface area contributed by atoms with Crippen LogP contribution in [-0.4, -0.2) is 25.0 Å². The minimum absolute atomic E-state index is 1.06. The van der Waals surface area contributed by atoms with Crippen molar-refractivity contribution in [2.45, 2.75) is 13.3 Å². The van der Waals surface area contributed by atoms with E-state index in [0.717, 1.165) is 19.5 Å². The second-order valence-electron chi connectivity index (χ2n) is 3.13. The van der Waals surface area contributed by atoms with Crippen LogP contribution in [-0.2, 0) is 0 Å². The van der Waals surface area contributed by atoms with Crippen LogP contribution >= 0.6 is 0 Å². The molecule has 0 aromatic carbocycles. The molecule has 1 nitrogen and oxygen atoms in total. The van der Waals surface area contributed by atoms with Gasteiger partial charge in [-0.05, 0) is 25.6 Å². The smallest absolute Gasteiger partial charge is 0.0227 e. The van der Waals surface area contributed by atoms with Crippen LogP contribution in [0, 0.1) is 0 Å². The first-order valence-electron chi connectivity index (χ1n) is 4.53. The number of nitrogens with zero attached hydrogens (tertiary/aromatic N) is 1. The van der Waals surface area contributed by atoms with Gasteiger partial charge in [0.25, 0.3) is 0 Å². The van der Waals surface area contributed by atoms with E-state index in [4.69, 9.17) is 0 Å². The molecule has 1 aliphatic carbocycles. The standard InChI is InChI=1S/C11H17N/c1-3-12(2)10-11-8-6-4-5-7-9-11/h4-6,8-9H,3,7,10H2,1-2H3. The average molecular weight is 163 g/mol. The Bertz CT molecular complexity index is 211. The van der Waals surface area contributed by atoms with E-state index in [1.54, 1.807) is 0 Å². The predicted octanol–water partition coefficient (Wildman–Crippen LogP) is 2.38. The zero-order valence-corrected chi connectivity index (χ0v) is 7.96. The van der Waals surface area contributed by atoms with Crippen LogP contribution in [0.3, 0.4) is 0 Å². The lowest BCUT2D eigenvalue weighted by atomic mass is 10.2. The minimum atomic E-state index is 1.06. The van der Waals surface area contributed by atoms with Gasteiger partial charge in [0.15, 0.2) is 0 Å². The molecule has 0 bridgehead atoms. The SMILES string of the molecule is CCN(C)CC1=CCC=CC=C1. The second-order valence-corrected chi connectivity index (χ2v) is 3.13. The number of hydrogen-bond acceptors (Lipinski definition) is 1. The first-order chi connectivity index (χ1) is 5.83. The van der Waals surface area contributed by atoms with Gasteiger partial charge in [-0.15, -0.1) is 0 Å². The molecular formula is C11H17N. The summed E-state index contributed by atoms with van der Waals surface area (Å²) >= 11 is 0. The molecule has 0 saturated carbocycles. The summed E-state index contributed by atoms with van der Waals surface area (Å²) in [5, 5.41) is 0. The van der Waals surface area contributed by atoms with E-state index in [0.29, 0.717) is 0 Å². The lowest BCUT2D eigenvalue weighted by Gasteiger charge is -2.13. The molecule has 0 atom stereocenters. The number of hydrogen-bond donors (Lipinski definition) is 0.